The molecule has 2 fully saturated rings. The third-order valence-corrected chi connectivity index (χ3v) is 4.25. The largest absolute Gasteiger partial charge is 0.303 e. The molecule has 1 atom stereocenters. The molecule has 94 valence electrons. The maximum atomic E-state index is 5.79. The van der Waals surface area contributed by atoms with E-state index in [1.165, 1.54) is 71.4 Å². The molecule has 0 aromatic heterocycles. The maximum absolute atomic E-state index is 5.79. The van der Waals surface area contributed by atoms with Crippen LogP contribution in [-0.4, -0.2) is 54.9 Å². The van der Waals surface area contributed by atoms with Crippen LogP contribution in [0.15, 0.2) is 0 Å². The minimum atomic E-state index is 0.840. The van der Waals surface area contributed by atoms with Gasteiger partial charge >= 0.3 is 0 Å². The molecule has 0 radical (unpaired) electrons. The molecule has 0 aromatic carbocycles. The molecular formula is C13H25ClN2. The van der Waals surface area contributed by atoms with E-state index < -0.39 is 0 Å². The quantitative estimate of drug-likeness (QED) is 0.663. The molecular weight excluding hydrogens is 220 g/mol. The van der Waals surface area contributed by atoms with Crippen LogP contribution in [0.5, 0.6) is 0 Å². The molecule has 3 heteroatoms. The molecule has 2 nitrogen and oxygen atoms in total. The van der Waals surface area contributed by atoms with Gasteiger partial charge in [-0.15, -0.1) is 11.6 Å². The van der Waals surface area contributed by atoms with E-state index in [4.69, 9.17) is 11.6 Å². The minimum Gasteiger partial charge on any atom is -0.303 e. The standard InChI is InChI=1S/C13H25ClN2/c14-6-4-13-5-11-16(12-13)10-3-9-15-7-1-2-8-15/h13H,1-12H2. The van der Waals surface area contributed by atoms with Gasteiger partial charge in [-0.3, -0.25) is 0 Å². The van der Waals surface area contributed by atoms with Crippen LogP contribution in [0.2, 0.25) is 0 Å². The summed E-state index contributed by atoms with van der Waals surface area (Å²) in [4.78, 5) is 5.25. The van der Waals surface area contributed by atoms with Crippen LogP contribution in [0.3, 0.4) is 0 Å². The summed E-state index contributed by atoms with van der Waals surface area (Å²) in [5, 5.41) is 0. The van der Waals surface area contributed by atoms with Crippen molar-refractivity contribution in [3.63, 3.8) is 0 Å². The van der Waals surface area contributed by atoms with Gasteiger partial charge in [0.15, 0.2) is 0 Å². The highest BCUT2D eigenvalue weighted by atomic mass is 35.5. The summed E-state index contributed by atoms with van der Waals surface area (Å²) in [5.74, 6) is 1.72. The number of hydrogen-bond donors (Lipinski definition) is 0. The third kappa shape index (κ3) is 3.90. The summed E-state index contributed by atoms with van der Waals surface area (Å²) in [6.07, 6.45) is 6.78. The van der Waals surface area contributed by atoms with Gasteiger partial charge in [0.05, 0.1) is 0 Å². The third-order valence-electron chi connectivity index (χ3n) is 4.03. The van der Waals surface area contributed by atoms with E-state index in [-0.39, 0.29) is 0 Å². The molecule has 2 aliphatic rings. The number of hydrogen-bond acceptors (Lipinski definition) is 2. The lowest BCUT2D eigenvalue weighted by molar-refractivity contribution is 0.274. The lowest BCUT2D eigenvalue weighted by atomic mass is 10.1. The second-order valence-corrected chi connectivity index (χ2v) is 5.71. The Kier molecular flexibility index (Phi) is 5.40. The molecule has 2 heterocycles. The van der Waals surface area contributed by atoms with Crippen molar-refractivity contribution in [2.24, 2.45) is 5.92 Å². The number of nitrogens with zero attached hydrogens (tertiary/aromatic N) is 2. The number of likely N-dealkylation sites (tertiary alicyclic amines) is 2. The fourth-order valence-electron chi connectivity index (χ4n) is 3.03. The zero-order valence-corrected chi connectivity index (χ0v) is 11.1. The van der Waals surface area contributed by atoms with Crippen molar-refractivity contribution in [3.8, 4) is 0 Å². The van der Waals surface area contributed by atoms with E-state index in [0.717, 1.165) is 11.8 Å². The first-order valence-electron chi connectivity index (χ1n) is 6.89. The molecule has 0 bridgehead atoms. The molecule has 2 aliphatic heterocycles. The first kappa shape index (κ1) is 12.7. The highest BCUT2D eigenvalue weighted by Crippen LogP contribution is 2.20. The molecule has 1 unspecified atom stereocenters. The van der Waals surface area contributed by atoms with Gasteiger partial charge in [-0.2, -0.15) is 0 Å². The molecule has 0 aromatic rings. The van der Waals surface area contributed by atoms with Crippen LogP contribution in [-0.2, 0) is 0 Å². The molecule has 0 spiro atoms. The van der Waals surface area contributed by atoms with Crippen molar-refractivity contribution in [2.75, 3.05) is 45.1 Å². The van der Waals surface area contributed by atoms with Crippen molar-refractivity contribution in [2.45, 2.75) is 32.1 Å². The van der Waals surface area contributed by atoms with Gasteiger partial charge in [-0.25, -0.2) is 0 Å². The van der Waals surface area contributed by atoms with Gasteiger partial charge in [0, 0.05) is 12.4 Å². The fraction of sp³-hybridized carbons (Fsp3) is 1.00. The lowest BCUT2D eigenvalue weighted by Crippen LogP contribution is -2.27. The Balaban J connectivity index is 1.53. The highest BCUT2D eigenvalue weighted by Gasteiger charge is 2.21. The Hall–Kier alpha value is 0.210. The molecule has 0 N–H and O–H groups in total. The zero-order chi connectivity index (χ0) is 11.2. The Bertz CT molecular complexity index is 192. The van der Waals surface area contributed by atoms with Crippen molar-refractivity contribution in [3.05, 3.63) is 0 Å². The zero-order valence-electron chi connectivity index (χ0n) is 10.3. The van der Waals surface area contributed by atoms with Gasteiger partial charge < -0.3 is 9.80 Å². The van der Waals surface area contributed by atoms with E-state index in [1.807, 2.05) is 0 Å². The van der Waals surface area contributed by atoms with E-state index in [1.54, 1.807) is 0 Å². The maximum Gasteiger partial charge on any atom is 0.0226 e. The van der Waals surface area contributed by atoms with Crippen LogP contribution in [0.4, 0.5) is 0 Å². The second kappa shape index (κ2) is 6.83. The van der Waals surface area contributed by atoms with Gasteiger partial charge in [-0.1, -0.05) is 0 Å². The normalized spacial score (nSPS) is 27.9. The van der Waals surface area contributed by atoms with Gasteiger partial charge in [0.1, 0.15) is 0 Å². The van der Waals surface area contributed by atoms with Crippen LogP contribution in [0, 0.1) is 5.92 Å². The highest BCUT2D eigenvalue weighted by molar-refractivity contribution is 6.17. The Morgan fingerprint density at radius 3 is 2.50 bits per heavy atom. The summed E-state index contributed by atoms with van der Waals surface area (Å²) in [6.45, 7) is 7.91. The average molecular weight is 245 g/mol. The Morgan fingerprint density at radius 1 is 1.00 bits per heavy atom. The Labute approximate surface area is 105 Å². The van der Waals surface area contributed by atoms with Gasteiger partial charge in [-0.05, 0) is 70.7 Å². The molecule has 16 heavy (non-hydrogen) atoms. The molecule has 0 saturated carbocycles. The molecule has 0 aliphatic carbocycles. The smallest absolute Gasteiger partial charge is 0.0226 e. The molecule has 0 amide bonds. The monoisotopic (exact) mass is 244 g/mol. The number of rotatable bonds is 6. The molecule has 2 saturated heterocycles. The summed E-state index contributed by atoms with van der Waals surface area (Å²) in [5.41, 5.74) is 0. The lowest BCUT2D eigenvalue weighted by Gasteiger charge is -2.19. The SMILES string of the molecule is ClCCC1CCN(CCCN2CCCC2)C1. The van der Waals surface area contributed by atoms with Crippen LogP contribution in [0.25, 0.3) is 0 Å². The summed E-state index contributed by atoms with van der Waals surface area (Å²) < 4.78 is 0. The summed E-state index contributed by atoms with van der Waals surface area (Å²) in [6, 6.07) is 0. The fourth-order valence-corrected chi connectivity index (χ4v) is 3.34. The summed E-state index contributed by atoms with van der Waals surface area (Å²) >= 11 is 5.79. The minimum absolute atomic E-state index is 0.840. The van der Waals surface area contributed by atoms with E-state index in [9.17, 15) is 0 Å². The van der Waals surface area contributed by atoms with E-state index in [2.05, 4.69) is 9.80 Å². The topological polar surface area (TPSA) is 6.48 Å². The van der Waals surface area contributed by atoms with Gasteiger partial charge in [0.25, 0.3) is 0 Å². The predicted octanol–water partition coefficient (Wildman–Crippen LogP) is 2.42. The number of alkyl halides is 1. The van der Waals surface area contributed by atoms with E-state index in [0.29, 0.717) is 0 Å². The Morgan fingerprint density at radius 2 is 1.75 bits per heavy atom. The van der Waals surface area contributed by atoms with Gasteiger partial charge in [0.2, 0.25) is 0 Å². The van der Waals surface area contributed by atoms with Crippen molar-refractivity contribution < 1.29 is 0 Å². The summed E-state index contributed by atoms with van der Waals surface area (Å²) in [7, 11) is 0. The second-order valence-electron chi connectivity index (χ2n) is 5.34. The van der Waals surface area contributed by atoms with Crippen molar-refractivity contribution in [1.29, 1.82) is 0 Å². The first-order valence-corrected chi connectivity index (χ1v) is 7.42. The van der Waals surface area contributed by atoms with Crippen LogP contribution >= 0.6 is 11.6 Å². The van der Waals surface area contributed by atoms with Crippen LogP contribution < -0.4 is 0 Å². The number of halogens is 1. The van der Waals surface area contributed by atoms with Crippen molar-refractivity contribution in [1.82, 2.24) is 9.80 Å². The average Bonchev–Trinajstić information content (AvgIpc) is 2.90. The predicted molar refractivity (Wildman–Crippen MR) is 70.2 cm³/mol. The first-order chi connectivity index (χ1) is 7.88. The van der Waals surface area contributed by atoms with E-state index >= 15 is 0 Å². The van der Waals surface area contributed by atoms with Crippen LogP contribution in [0.1, 0.15) is 32.1 Å². The molecule has 2 rings (SSSR count). The van der Waals surface area contributed by atoms with Crippen molar-refractivity contribution >= 4 is 11.6 Å².